The molecular formula is C11H20F2N2O2. The SMILES string of the molecule is CCC1(C(=O)NCC(F)(F)CO)CCNCC1. The van der Waals surface area contributed by atoms with Gasteiger partial charge in [-0.15, -0.1) is 0 Å². The number of aliphatic hydroxyl groups is 1. The van der Waals surface area contributed by atoms with Gasteiger partial charge in [0.15, 0.2) is 0 Å². The van der Waals surface area contributed by atoms with E-state index >= 15 is 0 Å². The third kappa shape index (κ3) is 3.61. The van der Waals surface area contributed by atoms with E-state index < -0.39 is 24.5 Å². The van der Waals surface area contributed by atoms with Crippen LogP contribution in [0.2, 0.25) is 0 Å². The molecule has 1 amide bonds. The van der Waals surface area contributed by atoms with Crippen molar-refractivity contribution < 1.29 is 18.7 Å². The van der Waals surface area contributed by atoms with Crippen molar-refractivity contribution in [3.8, 4) is 0 Å². The van der Waals surface area contributed by atoms with Crippen LogP contribution in [0.3, 0.4) is 0 Å². The lowest BCUT2D eigenvalue weighted by Crippen LogP contribution is -2.50. The van der Waals surface area contributed by atoms with Crippen molar-refractivity contribution in [3.63, 3.8) is 0 Å². The molecule has 0 radical (unpaired) electrons. The molecule has 1 rings (SSSR count). The number of amides is 1. The molecule has 0 aromatic rings. The molecule has 1 saturated heterocycles. The normalized spacial score (nSPS) is 20.0. The van der Waals surface area contributed by atoms with Gasteiger partial charge >= 0.3 is 0 Å². The molecule has 0 aromatic heterocycles. The highest BCUT2D eigenvalue weighted by atomic mass is 19.3. The van der Waals surface area contributed by atoms with Crippen LogP contribution in [0.1, 0.15) is 26.2 Å². The third-order valence-electron chi connectivity index (χ3n) is 3.46. The fraction of sp³-hybridized carbons (Fsp3) is 0.909. The van der Waals surface area contributed by atoms with E-state index in [0.29, 0.717) is 19.3 Å². The second-order valence-corrected chi connectivity index (χ2v) is 4.58. The Morgan fingerprint density at radius 3 is 2.53 bits per heavy atom. The van der Waals surface area contributed by atoms with Gasteiger partial charge in [0.25, 0.3) is 5.92 Å². The summed E-state index contributed by atoms with van der Waals surface area (Å²) >= 11 is 0. The second kappa shape index (κ2) is 5.73. The van der Waals surface area contributed by atoms with E-state index in [9.17, 15) is 13.6 Å². The monoisotopic (exact) mass is 250 g/mol. The maximum absolute atomic E-state index is 12.8. The van der Waals surface area contributed by atoms with Crippen molar-refractivity contribution in [1.82, 2.24) is 10.6 Å². The van der Waals surface area contributed by atoms with Gasteiger partial charge in [0.1, 0.15) is 6.61 Å². The topological polar surface area (TPSA) is 61.4 Å². The molecular weight excluding hydrogens is 230 g/mol. The van der Waals surface area contributed by atoms with Crippen LogP contribution >= 0.6 is 0 Å². The molecule has 1 aliphatic heterocycles. The van der Waals surface area contributed by atoms with Crippen LogP contribution in [-0.2, 0) is 4.79 Å². The van der Waals surface area contributed by atoms with Crippen molar-refractivity contribution in [2.45, 2.75) is 32.1 Å². The molecule has 4 nitrogen and oxygen atoms in total. The molecule has 0 saturated carbocycles. The highest BCUT2D eigenvalue weighted by Crippen LogP contribution is 2.32. The Morgan fingerprint density at radius 2 is 2.06 bits per heavy atom. The highest BCUT2D eigenvalue weighted by Gasteiger charge is 2.39. The Bertz CT molecular complexity index is 266. The van der Waals surface area contributed by atoms with Gasteiger partial charge in [-0.3, -0.25) is 4.79 Å². The van der Waals surface area contributed by atoms with E-state index in [2.05, 4.69) is 10.6 Å². The van der Waals surface area contributed by atoms with E-state index in [1.807, 2.05) is 6.92 Å². The lowest BCUT2D eigenvalue weighted by Gasteiger charge is -2.35. The number of hydrogen-bond acceptors (Lipinski definition) is 3. The molecule has 0 unspecified atom stereocenters. The Morgan fingerprint density at radius 1 is 1.47 bits per heavy atom. The molecule has 1 heterocycles. The zero-order valence-corrected chi connectivity index (χ0v) is 10.1. The van der Waals surface area contributed by atoms with Gasteiger partial charge < -0.3 is 15.7 Å². The quantitative estimate of drug-likeness (QED) is 0.666. The summed E-state index contributed by atoms with van der Waals surface area (Å²) in [5.74, 6) is -3.56. The fourth-order valence-corrected chi connectivity index (χ4v) is 2.10. The number of piperidine rings is 1. The fourth-order valence-electron chi connectivity index (χ4n) is 2.10. The van der Waals surface area contributed by atoms with Crippen molar-refractivity contribution >= 4 is 5.91 Å². The molecule has 1 aliphatic rings. The van der Waals surface area contributed by atoms with Crippen molar-refractivity contribution in [3.05, 3.63) is 0 Å². The zero-order chi connectivity index (χ0) is 12.9. The van der Waals surface area contributed by atoms with Crippen LogP contribution in [0.25, 0.3) is 0 Å². The van der Waals surface area contributed by atoms with Gasteiger partial charge in [0.2, 0.25) is 5.91 Å². The molecule has 100 valence electrons. The minimum Gasteiger partial charge on any atom is -0.390 e. The molecule has 0 spiro atoms. The summed E-state index contributed by atoms with van der Waals surface area (Å²) < 4.78 is 25.7. The van der Waals surface area contributed by atoms with Crippen LogP contribution in [0.4, 0.5) is 8.78 Å². The Balaban J connectivity index is 2.55. The standard InChI is InChI=1S/C11H20F2N2O2/c1-2-10(3-5-14-6-4-10)9(17)15-7-11(12,13)8-16/h14,16H,2-8H2,1H3,(H,15,17). The van der Waals surface area contributed by atoms with Gasteiger partial charge in [-0.25, -0.2) is 8.78 Å². The minimum absolute atomic E-state index is 0.324. The van der Waals surface area contributed by atoms with Gasteiger partial charge in [0, 0.05) is 0 Å². The average molecular weight is 250 g/mol. The van der Waals surface area contributed by atoms with E-state index in [4.69, 9.17) is 5.11 Å². The molecule has 0 atom stereocenters. The summed E-state index contributed by atoms with van der Waals surface area (Å²) in [4.78, 5) is 12.0. The van der Waals surface area contributed by atoms with Crippen molar-refractivity contribution in [1.29, 1.82) is 0 Å². The van der Waals surface area contributed by atoms with Crippen LogP contribution in [0.15, 0.2) is 0 Å². The van der Waals surface area contributed by atoms with Crippen LogP contribution < -0.4 is 10.6 Å². The van der Waals surface area contributed by atoms with E-state index in [1.165, 1.54) is 0 Å². The first-order valence-corrected chi connectivity index (χ1v) is 5.93. The van der Waals surface area contributed by atoms with Gasteiger partial charge in [0.05, 0.1) is 12.0 Å². The number of aliphatic hydroxyl groups excluding tert-OH is 1. The first-order chi connectivity index (χ1) is 7.96. The predicted molar refractivity (Wildman–Crippen MR) is 59.9 cm³/mol. The van der Waals surface area contributed by atoms with Gasteiger partial charge in [-0.2, -0.15) is 0 Å². The summed E-state index contributed by atoms with van der Waals surface area (Å²) in [5, 5.41) is 13.8. The number of nitrogens with one attached hydrogen (secondary N) is 2. The summed E-state index contributed by atoms with van der Waals surface area (Å²) in [7, 11) is 0. The van der Waals surface area contributed by atoms with Gasteiger partial charge in [-0.05, 0) is 32.4 Å². The largest absolute Gasteiger partial charge is 0.390 e. The molecule has 0 aromatic carbocycles. The molecule has 17 heavy (non-hydrogen) atoms. The number of halogens is 2. The van der Waals surface area contributed by atoms with Crippen LogP contribution in [-0.4, -0.2) is 43.2 Å². The summed E-state index contributed by atoms with van der Waals surface area (Å²) in [5.41, 5.74) is -0.531. The highest BCUT2D eigenvalue weighted by molar-refractivity contribution is 5.82. The average Bonchev–Trinajstić information content (AvgIpc) is 2.37. The Kier molecular flexibility index (Phi) is 4.82. The number of hydrogen-bond donors (Lipinski definition) is 3. The lowest BCUT2D eigenvalue weighted by atomic mass is 9.76. The number of carbonyl (C=O) groups is 1. The smallest absolute Gasteiger partial charge is 0.287 e. The first-order valence-electron chi connectivity index (χ1n) is 5.93. The zero-order valence-electron chi connectivity index (χ0n) is 10.1. The van der Waals surface area contributed by atoms with Crippen molar-refractivity contribution in [2.24, 2.45) is 5.41 Å². The maximum atomic E-state index is 12.8. The van der Waals surface area contributed by atoms with E-state index in [-0.39, 0.29) is 5.91 Å². The number of rotatable bonds is 5. The molecule has 0 aliphatic carbocycles. The predicted octanol–water partition coefficient (Wildman–Crippen LogP) is 0.510. The Hall–Kier alpha value is -0.750. The van der Waals surface area contributed by atoms with E-state index in [1.54, 1.807) is 0 Å². The van der Waals surface area contributed by atoms with Crippen molar-refractivity contribution in [2.75, 3.05) is 26.2 Å². The lowest BCUT2D eigenvalue weighted by molar-refractivity contribution is -0.135. The van der Waals surface area contributed by atoms with Crippen LogP contribution in [0, 0.1) is 5.41 Å². The van der Waals surface area contributed by atoms with E-state index in [0.717, 1.165) is 13.1 Å². The Labute approximate surface area is 99.8 Å². The minimum atomic E-state index is -3.24. The third-order valence-corrected chi connectivity index (χ3v) is 3.46. The first kappa shape index (κ1) is 14.3. The molecule has 0 bridgehead atoms. The van der Waals surface area contributed by atoms with Gasteiger partial charge in [-0.1, -0.05) is 6.92 Å². The second-order valence-electron chi connectivity index (χ2n) is 4.58. The summed E-state index contributed by atoms with van der Waals surface area (Å²) in [6, 6.07) is 0. The maximum Gasteiger partial charge on any atom is 0.287 e. The molecule has 6 heteroatoms. The molecule has 1 fully saturated rings. The van der Waals surface area contributed by atoms with Crippen LogP contribution in [0.5, 0.6) is 0 Å². The molecule has 3 N–H and O–H groups in total. The number of alkyl halides is 2. The number of carbonyl (C=O) groups excluding carboxylic acids is 1. The summed E-state index contributed by atoms with van der Waals surface area (Å²) in [6.07, 6.45) is 1.98. The summed E-state index contributed by atoms with van der Waals surface area (Å²) in [6.45, 7) is 1.33.